The van der Waals surface area contributed by atoms with E-state index in [1.807, 2.05) is 0 Å². The number of carbonyl (C=O) groups is 1. The quantitative estimate of drug-likeness (QED) is 0.795. The summed E-state index contributed by atoms with van der Waals surface area (Å²) >= 11 is 0. The number of carbonyl (C=O) groups excluding carboxylic acids is 1. The fourth-order valence-corrected chi connectivity index (χ4v) is 4.81. The summed E-state index contributed by atoms with van der Waals surface area (Å²) in [6, 6.07) is 7.79. The van der Waals surface area contributed by atoms with Crippen LogP contribution in [0, 0.1) is 5.82 Å². The SMILES string of the molecule is CN(c1cc(C(=O)NCCc2ccccc2F)ncn1)C1CCS(=O)(=O)C1. The van der Waals surface area contributed by atoms with Crippen molar-refractivity contribution in [3.63, 3.8) is 0 Å². The van der Waals surface area contributed by atoms with E-state index in [4.69, 9.17) is 0 Å². The third-order valence-electron chi connectivity index (χ3n) is 4.64. The van der Waals surface area contributed by atoms with E-state index < -0.39 is 9.84 Å². The average Bonchev–Trinajstić information content (AvgIpc) is 3.02. The van der Waals surface area contributed by atoms with Crippen LogP contribution < -0.4 is 10.2 Å². The first-order valence-electron chi connectivity index (χ1n) is 8.62. The second-order valence-electron chi connectivity index (χ2n) is 6.53. The van der Waals surface area contributed by atoms with E-state index in [1.54, 1.807) is 30.1 Å². The van der Waals surface area contributed by atoms with Gasteiger partial charge in [-0.3, -0.25) is 4.79 Å². The number of anilines is 1. The lowest BCUT2D eigenvalue weighted by atomic mass is 10.1. The third kappa shape index (κ3) is 4.79. The molecule has 9 heteroatoms. The third-order valence-corrected chi connectivity index (χ3v) is 6.39. The second-order valence-corrected chi connectivity index (χ2v) is 8.76. The van der Waals surface area contributed by atoms with E-state index in [9.17, 15) is 17.6 Å². The predicted molar refractivity (Wildman–Crippen MR) is 99.9 cm³/mol. The molecular formula is C18H21FN4O3S. The molecule has 7 nitrogen and oxygen atoms in total. The van der Waals surface area contributed by atoms with Crippen molar-refractivity contribution in [2.75, 3.05) is 30.0 Å². The number of hydrogen-bond donors (Lipinski definition) is 1. The van der Waals surface area contributed by atoms with Gasteiger partial charge in [0.05, 0.1) is 11.5 Å². The smallest absolute Gasteiger partial charge is 0.270 e. The topological polar surface area (TPSA) is 92.3 Å². The van der Waals surface area contributed by atoms with Crippen LogP contribution in [0.2, 0.25) is 0 Å². The molecule has 1 aliphatic rings. The van der Waals surface area contributed by atoms with Crippen molar-refractivity contribution >= 4 is 21.6 Å². The Hall–Kier alpha value is -2.55. The number of benzene rings is 1. The Labute approximate surface area is 157 Å². The van der Waals surface area contributed by atoms with Crippen molar-refractivity contribution in [3.05, 3.63) is 53.7 Å². The molecule has 0 spiro atoms. The standard InChI is InChI=1S/C18H21FN4O3S/c1-23(14-7-9-27(25,26)11-14)17-10-16(21-12-22-17)18(24)20-8-6-13-4-2-3-5-15(13)19/h2-5,10,12,14H,6-9,11H2,1H3,(H,20,24). The Morgan fingerprint density at radius 2 is 2.11 bits per heavy atom. The van der Waals surface area contributed by atoms with Crippen LogP contribution >= 0.6 is 0 Å². The van der Waals surface area contributed by atoms with Gasteiger partial charge in [-0.15, -0.1) is 0 Å². The molecule has 1 unspecified atom stereocenters. The van der Waals surface area contributed by atoms with Gasteiger partial charge in [0.1, 0.15) is 23.7 Å². The van der Waals surface area contributed by atoms with Crippen molar-refractivity contribution in [1.82, 2.24) is 15.3 Å². The van der Waals surface area contributed by atoms with Gasteiger partial charge in [0.2, 0.25) is 0 Å². The number of rotatable bonds is 6. The molecule has 1 N–H and O–H groups in total. The summed E-state index contributed by atoms with van der Waals surface area (Å²) in [5.41, 5.74) is 0.713. The second kappa shape index (κ2) is 7.99. The number of halogens is 1. The highest BCUT2D eigenvalue weighted by Crippen LogP contribution is 2.21. The molecule has 0 radical (unpaired) electrons. The lowest BCUT2D eigenvalue weighted by molar-refractivity contribution is 0.0949. The predicted octanol–water partition coefficient (Wildman–Crippen LogP) is 1.21. The van der Waals surface area contributed by atoms with Gasteiger partial charge in [-0.2, -0.15) is 0 Å². The van der Waals surface area contributed by atoms with Crippen LogP contribution in [0.4, 0.5) is 10.2 Å². The summed E-state index contributed by atoms with van der Waals surface area (Å²) < 4.78 is 36.9. The fraction of sp³-hybridized carbons (Fsp3) is 0.389. The van der Waals surface area contributed by atoms with Crippen LogP contribution in [-0.2, 0) is 16.3 Å². The summed E-state index contributed by atoms with van der Waals surface area (Å²) in [5.74, 6) is 0.0479. The Bertz CT molecular complexity index is 936. The van der Waals surface area contributed by atoms with Crippen LogP contribution in [0.15, 0.2) is 36.7 Å². The summed E-state index contributed by atoms with van der Waals surface area (Å²) in [5, 5.41) is 2.71. The molecule has 144 valence electrons. The molecule has 1 amide bonds. The Morgan fingerprint density at radius 1 is 1.33 bits per heavy atom. The number of aromatic nitrogens is 2. The summed E-state index contributed by atoms with van der Waals surface area (Å²) in [6.07, 6.45) is 2.18. The first kappa shape index (κ1) is 19.2. The van der Waals surface area contributed by atoms with Gasteiger partial charge in [0, 0.05) is 25.7 Å². The van der Waals surface area contributed by atoms with Gasteiger partial charge in [-0.1, -0.05) is 18.2 Å². The van der Waals surface area contributed by atoms with Crippen LogP contribution in [0.1, 0.15) is 22.5 Å². The van der Waals surface area contributed by atoms with E-state index >= 15 is 0 Å². The minimum absolute atomic E-state index is 0.0810. The molecule has 3 rings (SSSR count). The van der Waals surface area contributed by atoms with E-state index in [1.165, 1.54) is 18.5 Å². The Balaban J connectivity index is 1.61. The molecule has 2 heterocycles. The first-order valence-corrected chi connectivity index (χ1v) is 10.4. The maximum atomic E-state index is 13.6. The van der Waals surface area contributed by atoms with E-state index in [0.29, 0.717) is 24.2 Å². The van der Waals surface area contributed by atoms with Gasteiger partial charge in [-0.05, 0) is 24.5 Å². The van der Waals surface area contributed by atoms with Crippen molar-refractivity contribution in [3.8, 4) is 0 Å². The summed E-state index contributed by atoms with van der Waals surface area (Å²) in [7, 11) is -1.25. The van der Waals surface area contributed by atoms with Gasteiger partial charge in [0.25, 0.3) is 5.91 Å². The van der Waals surface area contributed by atoms with Crippen LogP contribution in [0.25, 0.3) is 0 Å². The highest BCUT2D eigenvalue weighted by molar-refractivity contribution is 7.91. The number of nitrogens with zero attached hydrogens (tertiary/aromatic N) is 3. The van der Waals surface area contributed by atoms with Crippen LogP contribution in [-0.4, -0.2) is 55.4 Å². The molecule has 0 aliphatic carbocycles. The zero-order valence-electron chi connectivity index (χ0n) is 14.9. The molecule has 27 heavy (non-hydrogen) atoms. The van der Waals surface area contributed by atoms with Crippen molar-refractivity contribution < 1.29 is 17.6 Å². The lowest BCUT2D eigenvalue weighted by Crippen LogP contribution is -2.34. The maximum Gasteiger partial charge on any atom is 0.270 e. The zero-order valence-corrected chi connectivity index (χ0v) is 15.7. The van der Waals surface area contributed by atoms with Gasteiger partial charge >= 0.3 is 0 Å². The lowest BCUT2D eigenvalue weighted by Gasteiger charge is -2.24. The summed E-state index contributed by atoms with van der Waals surface area (Å²) in [4.78, 5) is 22.2. The fourth-order valence-electron chi connectivity index (χ4n) is 3.03. The molecule has 2 aromatic rings. The molecule has 1 aromatic heterocycles. The molecular weight excluding hydrogens is 371 g/mol. The van der Waals surface area contributed by atoms with Crippen LogP contribution in [0.3, 0.4) is 0 Å². The van der Waals surface area contributed by atoms with E-state index in [2.05, 4.69) is 15.3 Å². The van der Waals surface area contributed by atoms with Crippen molar-refractivity contribution in [2.45, 2.75) is 18.9 Å². The average molecular weight is 392 g/mol. The summed E-state index contributed by atoms with van der Waals surface area (Å²) in [6.45, 7) is 0.274. The highest BCUT2D eigenvalue weighted by atomic mass is 32.2. The van der Waals surface area contributed by atoms with Gasteiger partial charge in [0.15, 0.2) is 9.84 Å². The van der Waals surface area contributed by atoms with Gasteiger partial charge in [-0.25, -0.2) is 22.8 Å². The van der Waals surface area contributed by atoms with E-state index in [-0.39, 0.29) is 41.5 Å². The minimum Gasteiger partial charge on any atom is -0.356 e. The zero-order chi connectivity index (χ0) is 19.4. The molecule has 1 saturated heterocycles. The van der Waals surface area contributed by atoms with Crippen LogP contribution in [0.5, 0.6) is 0 Å². The normalized spacial score (nSPS) is 18.2. The Morgan fingerprint density at radius 3 is 2.81 bits per heavy atom. The monoisotopic (exact) mass is 392 g/mol. The molecule has 0 bridgehead atoms. The number of amides is 1. The number of hydrogen-bond acceptors (Lipinski definition) is 6. The number of nitrogens with one attached hydrogen (secondary N) is 1. The highest BCUT2D eigenvalue weighted by Gasteiger charge is 2.31. The van der Waals surface area contributed by atoms with Crippen molar-refractivity contribution in [1.29, 1.82) is 0 Å². The maximum absolute atomic E-state index is 13.6. The van der Waals surface area contributed by atoms with E-state index in [0.717, 1.165) is 0 Å². The molecule has 1 atom stereocenters. The minimum atomic E-state index is -3.01. The first-order chi connectivity index (χ1) is 12.9. The molecule has 1 aliphatic heterocycles. The Kier molecular flexibility index (Phi) is 5.69. The van der Waals surface area contributed by atoms with Gasteiger partial charge < -0.3 is 10.2 Å². The molecule has 1 aromatic carbocycles. The number of sulfone groups is 1. The van der Waals surface area contributed by atoms with Crippen molar-refractivity contribution in [2.24, 2.45) is 0 Å². The molecule has 1 fully saturated rings. The molecule has 0 saturated carbocycles. The largest absolute Gasteiger partial charge is 0.356 e.